The van der Waals surface area contributed by atoms with Gasteiger partial charge in [-0.05, 0) is 70.6 Å². The van der Waals surface area contributed by atoms with E-state index in [1.165, 1.54) is 103 Å². The van der Waals surface area contributed by atoms with Crippen LogP contribution in [0, 0.1) is 0 Å². The third-order valence-corrected chi connectivity index (χ3v) is 10.1. The summed E-state index contributed by atoms with van der Waals surface area (Å²) in [5.74, 6) is -0.899. The van der Waals surface area contributed by atoms with Gasteiger partial charge in [-0.3, -0.25) is 14.4 Å². The highest BCUT2D eigenvalue weighted by Gasteiger charge is 2.19. The van der Waals surface area contributed by atoms with Crippen LogP contribution in [0.4, 0.5) is 0 Å². The van der Waals surface area contributed by atoms with Crippen LogP contribution < -0.4 is 0 Å². The summed E-state index contributed by atoms with van der Waals surface area (Å²) in [5, 5.41) is 0. The fourth-order valence-electron chi connectivity index (χ4n) is 6.59. The Labute approximate surface area is 340 Å². The Kier molecular flexibility index (Phi) is 42.4. The highest BCUT2D eigenvalue weighted by atomic mass is 16.6. The standard InChI is InChI=1S/C49H88O6/c1-4-7-10-13-16-19-22-25-28-30-33-36-39-42-48(51)54-45-46(55-49(52)43-40-37-34-31-27-24-21-18-15-12-9-6-3)44-53-47(50)41-38-35-32-29-26-23-20-17-14-11-8-5-2/h9,12,17-18,20-21,46H,4-8,10-11,13-16,19,22-45H2,1-3H3/b12-9-,20-17-,21-18-. The molecule has 6 heteroatoms. The van der Waals surface area contributed by atoms with Crippen LogP contribution in [0.1, 0.15) is 239 Å². The topological polar surface area (TPSA) is 78.9 Å². The number of carbonyl (C=O) groups is 3. The molecule has 0 saturated carbocycles. The Balaban J connectivity index is 4.38. The van der Waals surface area contributed by atoms with Crippen LogP contribution in [0.5, 0.6) is 0 Å². The number of allylic oxidation sites excluding steroid dienone is 6. The molecule has 0 radical (unpaired) electrons. The van der Waals surface area contributed by atoms with E-state index in [4.69, 9.17) is 14.2 Å². The average molecular weight is 773 g/mol. The molecule has 0 saturated heterocycles. The average Bonchev–Trinajstić information content (AvgIpc) is 3.18. The lowest BCUT2D eigenvalue weighted by atomic mass is 10.0. The van der Waals surface area contributed by atoms with E-state index >= 15 is 0 Å². The van der Waals surface area contributed by atoms with Gasteiger partial charge >= 0.3 is 17.9 Å². The number of ether oxygens (including phenoxy) is 3. The van der Waals surface area contributed by atoms with Crippen LogP contribution in [-0.4, -0.2) is 37.2 Å². The molecule has 6 nitrogen and oxygen atoms in total. The summed E-state index contributed by atoms with van der Waals surface area (Å²) in [6.45, 7) is 6.48. The van der Waals surface area contributed by atoms with Crippen molar-refractivity contribution in [1.82, 2.24) is 0 Å². The molecule has 0 fully saturated rings. The molecule has 1 unspecified atom stereocenters. The van der Waals surface area contributed by atoms with Crippen molar-refractivity contribution in [3.8, 4) is 0 Å². The third-order valence-electron chi connectivity index (χ3n) is 10.1. The van der Waals surface area contributed by atoms with Gasteiger partial charge in [0.1, 0.15) is 13.2 Å². The molecule has 320 valence electrons. The minimum atomic E-state index is -0.777. The van der Waals surface area contributed by atoms with Crippen LogP contribution in [0.25, 0.3) is 0 Å². The molecule has 0 aromatic rings. The minimum absolute atomic E-state index is 0.0783. The molecule has 0 aromatic carbocycles. The maximum absolute atomic E-state index is 12.7. The quantitative estimate of drug-likeness (QED) is 0.0266. The van der Waals surface area contributed by atoms with Gasteiger partial charge in [0.15, 0.2) is 6.10 Å². The summed E-state index contributed by atoms with van der Waals surface area (Å²) in [6, 6.07) is 0. The minimum Gasteiger partial charge on any atom is -0.462 e. The van der Waals surface area contributed by atoms with Crippen molar-refractivity contribution in [2.45, 2.75) is 245 Å². The van der Waals surface area contributed by atoms with E-state index in [0.717, 1.165) is 96.3 Å². The van der Waals surface area contributed by atoms with Crippen molar-refractivity contribution < 1.29 is 28.6 Å². The molecule has 1 atom stereocenters. The van der Waals surface area contributed by atoms with Gasteiger partial charge in [0.05, 0.1) is 0 Å². The van der Waals surface area contributed by atoms with E-state index < -0.39 is 6.10 Å². The molecule has 0 aliphatic rings. The van der Waals surface area contributed by atoms with E-state index in [0.29, 0.717) is 19.3 Å². The van der Waals surface area contributed by atoms with Crippen molar-refractivity contribution in [3.05, 3.63) is 36.5 Å². The smallest absolute Gasteiger partial charge is 0.306 e. The summed E-state index contributed by atoms with van der Waals surface area (Å²) in [4.78, 5) is 37.8. The molecule has 0 N–H and O–H groups in total. The Morgan fingerprint density at radius 2 is 0.709 bits per heavy atom. The second-order valence-corrected chi connectivity index (χ2v) is 15.6. The van der Waals surface area contributed by atoms with Crippen molar-refractivity contribution in [2.24, 2.45) is 0 Å². The van der Waals surface area contributed by atoms with E-state index in [1.807, 2.05) is 0 Å². The number of unbranched alkanes of at least 4 members (excludes halogenated alkanes) is 25. The van der Waals surface area contributed by atoms with Crippen LogP contribution in [0.3, 0.4) is 0 Å². The van der Waals surface area contributed by atoms with Crippen LogP contribution in [0.15, 0.2) is 36.5 Å². The molecule has 0 aliphatic carbocycles. The van der Waals surface area contributed by atoms with Gasteiger partial charge in [-0.1, -0.05) is 186 Å². The number of rotatable bonds is 42. The van der Waals surface area contributed by atoms with Gasteiger partial charge in [0.2, 0.25) is 0 Å². The fourth-order valence-corrected chi connectivity index (χ4v) is 6.59. The van der Waals surface area contributed by atoms with Crippen molar-refractivity contribution >= 4 is 17.9 Å². The first kappa shape index (κ1) is 52.6. The van der Waals surface area contributed by atoms with Crippen molar-refractivity contribution in [3.63, 3.8) is 0 Å². The van der Waals surface area contributed by atoms with Gasteiger partial charge < -0.3 is 14.2 Å². The highest BCUT2D eigenvalue weighted by molar-refractivity contribution is 5.71. The van der Waals surface area contributed by atoms with Gasteiger partial charge in [-0.15, -0.1) is 0 Å². The second-order valence-electron chi connectivity index (χ2n) is 15.6. The Bertz CT molecular complexity index is 938. The van der Waals surface area contributed by atoms with Gasteiger partial charge in [-0.25, -0.2) is 0 Å². The number of hydrogen-bond donors (Lipinski definition) is 0. The zero-order valence-corrected chi connectivity index (χ0v) is 36.4. The monoisotopic (exact) mass is 773 g/mol. The highest BCUT2D eigenvalue weighted by Crippen LogP contribution is 2.15. The van der Waals surface area contributed by atoms with Crippen molar-refractivity contribution in [1.29, 1.82) is 0 Å². The summed E-state index contributed by atoms with van der Waals surface area (Å²) in [7, 11) is 0. The molecule has 0 spiro atoms. The predicted octanol–water partition coefficient (Wildman–Crippen LogP) is 15.0. The summed E-state index contributed by atoms with van der Waals surface area (Å²) in [6.07, 6.45) is 49.8. The number of hydrogen-bond acceptors (Lipinski definition) is 6. The molecule has 0 aromatic heterocycles. The molecular weight excluding hydrogens is 685 g/mol. The first-order chi connectivity index (χ1) is 27.0. The van der Waals surface area contributed by atoms with Crippen LogP contribution in [-0.2, 0) is 28.6 Å². The van der Waals surface area contributed by atoms with Gasteiger partial charge in [0, 0.05) is 19.3 Å². The van der Waals surface area contributed by atoms with Crippen LogP contribution in [0.2, 0.25) is 0 Å². The van der Waals surface area contributed by atoms with Gasteiger partial charge in [-0.2, -0.15) is 0 Å². The molecule has 0 heterocycles. The summed E-state index contributed by atoms with van der Waals surface area (Å²) < 4.78 is 16.7. The second kappa shape index (κ2) is 44.3. The van der Waals surface area contributed by atoms with E-state index in [2.05, 4.69) is 57.2 Å². The SMILES string of the molecule is CC/C=C\C/C=C\CCCCCCCC(=O)OC(COC(=O)CCCCCCC/C=C\CCCCC)COC(=O)CCCCCCCCCCCCCCC. The predicted molar refractivity (Wildman–Crippen MR) is 233 cm³/mol. The fraction of sp³-hybridized carbons (Fsp3) is 0.816. The Morgan fingerprint density at radius 1 is 0.382 bits per heavy atom. The summed E-state index contributed by atoms with van der Waals surface area (Å²) in [5.41, 5.74) is 0. The largest absolute Gasteiger partial charge is 0.462 e. The Hall–Kier alpha value is -2.37. The number of carbonyl (C=O) groups excluding carboxylic acids is 3. The first-order valence-corrected chi connectivity index (χ1v) is 23.5. The lowest BCUT2D eigenvalue weighted by molar-refractivity contribution is -0.167. The zero-order valence-electron chi connectivity index (χ0n) is 36.4. The molecule has 0 aliphatic heterocycles. The maximum Gasteiger partial charge on any atom is 0.306 e. The van der Waals surface area contributed by atoms with Crippen molar-refractivity contribution in [2.75, 3.05) is 13.2 Å². The lowest BCUT2D eigenvalue weighted by Crippen LogP contribution is -2.30. The normalized spacial score (nSPS) is 12.3. The number of esters is 3. The molecule has 0 rings (SSSR count). The maximum atomic E-state index is 12.7. The zero-order chi connectivity index (χ0) is 40.1. The molecular formula is C49H88O6. The first-order valence-electron chi connectivity index (χ1n) is 23.5. The van der Waals surface area contributed by atoms with E-state index in [1.54, 1.807) is 0 Å². The molecule has 0 bridgehead atoms. The van der Waals surface area contributed by atoms with Gasteiger partial charge in [0.25, 0.3) is 0 Å². The Morgan fingerprint density at radius 3 is 1.15 bits per heavy atom. The molecule has 0 amide bonds. The summed E-state index contributed by atoms with van der Waals surface area (Å²) >= 11 is 0. The lowest BCUT2D eigenvalue weighted by Gasteiger charge is -2.18. The van der Waals surface area contributed by atoms with E-state index in [9.17, 15) is 14.4 Å². The van der Waals surface area contributed by atoms with E-state index in [-0.39, 0.29) is 31.1 Å². The third kappa shape index (κ3) is 42.6. The molecule has 55 heavy (non-hydrogen) atoms. The van der Waals surface area contributed by atoms with Crippen LogP contribution >= 0.6 is 0 Å².